The summed E-state index contributed by atoms with van der Waals surface area (Å²) < 4.78 is 10.7. The van der Waals surface area contributed by atoms with E-state index in [1.54, 1.807) is 44.2 Å². The summed E-state index contributed by atoms with van der Waals surface area (Å²) in [6, 6.07) is 8.76. The predicted octanol–water partition coefficient (Wildman–Crippen LogP) is 3.93. The van der Waals surface area contributed by atoms with Crippen LogP contribution in [0.25, 0.3) is 0 Å². The number of hydrogen-bond donors (Lipinski definition) is 1. The molecule has 0 saturated heterocycles. The Morgan fingerprint density at radius 2 is 1.96 bits per heavy atom. The second-order valence-electron chi connectivity index (χ2n) is 5.71. The number of nitrogens with one attached hydrogen (secondary N) is 1. The molecule has 138 valence electrons. The SMILES string of the molecule is CCOc1ccccc1NC(=O)[C@@H](C)OC(=O)c1c(C)cc(C)nc1Cl. The normalized spacial score (nSPS) is 11.6. The minimum Gasteiger partial charge on any atom is -0.492 e. The lowest BCUT2D eigenvalue weighted by Crippen LogP contribution is -2.30. The lowest BCUT2D eigenvalue weighted by Gasteiger charge is -2.16. The van der Waals surface area contributed by atoms with Gasteiger partial charge < -0.3 is 14.8 Å². The van der Waals surface area contributed by atoms with Gasteiger partial charge in [-0.15, -0.1) is 0 Å². The number of ether oxygens (including phenoxy) is 2. The molecule has 1 amide bonds. The average molecular weight is 377 g/mol. The van der Waals surface area contributed by atoms with Gasteiger partial charge in [0.2, 0.25) is 0 Å². The first-order valence-electron chi connectivity index (χ1n) is 8.20. The molecule has 6 nitrogen and oxygen atoms in total. The fourth-order valence-corrected chi connectivity index (χ4v) is 2.75. The molecule has 0 saturated carbocycles. The summed E-state index contributed by atoms with van der Waals surface area (Å²) in [5, 5.41) is 2.76. The third kappa shape index (κ3) is 4.73. The first kappa shape index (κ1) is 19.7. The van der Waals surface area contributed by atoms with Gasteiger partial charge in [0.05, 0.1) is 17.9 Å². The van der Waals surface area contributed by atoms with Crippen LogP contribution in [0.2, 0.25) is 5.15 Å². The van der Waals surface area contributed by atoms with Crippen LogP contribution in [0.4, 0.5) is 5.69 Å². The Morgan fingerprint density at radius 3 is 2.62 bits per heavy atom. The molecular weight excluding hydrogens is 356 g/mol. The van der Waals surface area contributed by atoms with Crippen molar-refractivity contribution < 1.29 is 19.1 Å². The number of anilines is 1. The largest absolute Gasteiger partial charge is 0.492 e. The number of nitrogens with zero attached hydrogens (tertiary/aromatic N) is 1. The number of carbonyl (C=O) groups excluding carboxylic acids is 2. The van der Waals surface area contributed by atoms with E-state index < -0.39 is 18.0 Å². The smallest absolute Gasteiger partial charge is 0.342 e. The van der Waals surface area contributed by atoms with Gasteiger partial charge in [0, 0.05) is 5.69 Å². The number of halogens is 1. The lowest BCUT2D eigenvalue weighted by molar-refractivity contribution is -0.123. The van der Waals surface area contributed by atoms with Gasteiger partial charge in [0.25, 0.3) is 5.91 Å². The summed E-state index contributed by atoms with van der Waals surface area (Å²) in [5.74, 6) is -0.622. The molecule has 0 fully saturated rings. The van der Waals surface area contributed by atoms with Gasteiger partial charge in [-0.3, -0.25) is 4.79 Å². The van der Waals surface area contributed by atoms with E-state index in [1.807, 2.05) is 6.92 Å². The third-order valence-electron chi connectivity index (χ3n) is 3.60. The second kappa shape index (κ2) is 8.67. The van der Waals surface area contributed by atoms with E-state index in [0.717, 1.165) is 0 Å². The zero-order chi connectivity index (χ0) is 19.3. The van der Waals surface area contributed by atoms with E-state index in [1.165, 1.54) is 6.92 Å². The van der Waals surface area contributed by atoms with Gasteiger partial charge >= 0.3 is 5.97 Å². The maximum absolute atomic E-state index is 12.4. The van der Waals surface area contributed by atoms with Crippen molar-refractivity contribution in [1.29, 1.82) is 0 Å². The van der Waals surface area contributed by atoms with E-state index in [2.05, 4.69) is 10.3 Å². The highest BCUT2D eigenvalue weighted by atomic mass is 35.5. The highest BCUT2D eigenvalue weighted by Gasteiger charge is 2.23. The van der Waals surface area contributed by atoms with E-state index >= 15 is 0 Å². The Balaban J connectivity index is 2.09. The molecule has 7 heteroatoms. The molecule has 0 aliphatic heterocycles. The summed E-state index contributed by atoms with van der Waals surface area (Å²) >= 11 is 6.05. The van der Waals surface area contributed by atoms with Gasteiger partial charge in [-0.2, -0.15) is 0 Å². The van der Waals surface area contributed by atoms with Crippen molar-refractivity contribution in [3.8, 4) is 5.75 Å². The Labute approximate surface area is 157 Å². The summed E-state index contributed by atoms with van der Waals surface area (Å²) in [6.07, 6.45) is -1.02. The van der Waals surface area contributed by atoms with Crippen LogP contribution in [0.5, 0.6) is 5.75 Å². The third-order valence-corrected chi connectivity index (χ3v) is 3.88. The number of esters is 1. The molecule has 1 aromatic heterocycles. The number of aromatic nitrogens is 1. The molecule has 0 aliphatic carbocycles. The summed E-state index contributed by atoms with van der Waals surface area (Å²) in [4.78, 5) is 28.8. The summed E-state index contributed by atoms with van der Waals surface area (Å²) in [6.45, 7) is 7.32. The van der Waals surface area contributed by atoms with Crippen molar-refractivity contribution in [2.24, 2.45) is 0 Å². The maximum atomic E-state index is 12.4. The molecule has 26 heavy (non-hydrogen) atoms. The van der Waals surface area contributed by atoms with Gasteiger partial charge in [-0.1, -0.05) is 23.7 Å². The van der Waals surface area contributed by atoms with Gasteiger partial charge in [0.15, 0.2) is 6.10 Å². The van der Waals surface area contributed by atoms with E-state index in [-0.39, 0.29) is 10.7 Å². The number of amides is 1. The van der Waals surface area contributed by atoms with Crippen molar-refractivity contribution in [3.63, 3.8) is 0 Å². The minimum absolute atomic E-state index is 0.0572. The Morgan fingerprint density at radius 1 is 1.27 bits per heavy atom. The second-order valence-corrected chi connectivity index (χ2v) is 6.07. The van der Waals surface area contributed by atoms with Crippen LogP contribution in [0, 0.1) is 13.8 Å². The number of pyridine rings is 1. The molecule has 1 heterocycles. The van der Waals surface area contributed by atoms with Gasteiger partial charge in [0.1, 0.15) is 10.9 Å². The zero-order valence-electron chi connectivity index (χ0n) is 15.1. The summed E-state index contributed by atoms with van der Waals surface area (Å²) in [5.41, 5.74) is 2.00. The van der Waals surface area contributed by atoms with Crippen LogP contribution in [-0.4, -0.2) is 29.6 Å². The van der Waals surface area contributed by atoms with E-state index in [4.69, 9.17) is 21.1 Å². The molecule has 2 aromatic rings. The molecule has 1 N–H and O–H groups in total. The number of benzene rings is 1. The molecule has 2 rings (SSSR count). The minimum atomic E-state index is -1.02. The number of aryl methyl sites for hydroxylation is 2. The first-order chi connectivity index (χ1) is 12.3. The molecule has 1 atom stereocenters. The maximum Gasteiger partial charge on any atom is 0.342 e. The van der Waals surface area contributed by atoms with Crippen molar-refractivity contribution in [2.75, 3.05) is 11.9 Å². The topological polar surface area (TPSA) is 77.5 Å². The Bertz CT molecular complexity index is 800. The molecule has 0 radical (unpaired) electrons. The Hall–Kier alpha value is -2.60. The van der Waals surface area contributed by atoms with Crippen LogP contribution < -0.4 is 10.1 Å². The molecule has 0 unspecified atom stereocenters. The highest BCUT2D eigenvalue weighted by Crippen LogP contribution is 2.24. The molecule has 0 spiro atoms. The lowest BCUT2D eigenvalue weighted by atomic mass is 10.1. The van der Waals surface area contributed by atoms with Crippen LogP contribution in [0.3, 0.4) is 0 Å². The van der Waals surface area contributed by atoms with E-state index in [9.17, 15) is 9.59 Å². The van der Waals surface area contributed by atoms with Crippen molar-refractivity contribution in [3.05, 3.63) is 52.3 Å². The molecular formula is C19H21ClN2O4. The van der Waals surface area contributed by atoms with Crippen molar-refractivity contribution in [1.82, 2.24) is 4.98 Å². The van der Waals surface area contributed by atoms with Crippen molar-refractivity contribution in [2.45, 2.75) is 33.8 Å². The van der Waals surface area contributed by atoms with Crippen LogP contribution in [-0.2, 0) is 9.53 Å². The molecule has 0 bridgehead atoms. The fraction of sp³-hybridized carbons (Fsp3) is 0.316. The quantitative estimate of drug-likeness (QED) is 0.610. The standard InChI is InChI=1S/C19H21ClN2O4/c1-5-25-15-9-7-6-8-14(15)22-18(23)13(4)26-19(24)16-11(2)10-12(3)21-17(16)20/h6-10,13H,5H2,1-4H3,(H,22,23)/t13-/m1/s1. The number of para-hydroxylation sites is 2. The average Bonchev–Trinajstić information content (AvgIpc) is 2.55. The molecule has 0 aliphatic rings. The number of hydrogen-bond acceptors (Lipinski definition) is 5. The fourth-order valence-electron chi connectivity index (χ4n) is 2.40. The number of rotatable bonds is 6. The van der Waals surface area contributed by atoms with E-state index in [0.29, 0.717) is 29.3 Å². The van der Waals surface area contributed by atoms with Gasteiger partial charge in [-0.05, 0) is 51.5 Å². The van der Waals surface area contributed by atoms with Crippen LogP contribution in [0.1, 0.15) is 35.5 Å². The summed E-state index contributed by atoms with van der Waals surface area (Å²) in [7, 11) is 0. The molecule has 1 aromatic carbocycles. The monoisotopic (exact) mass is 376 g/mol. The number of carbonyl (C=O) groups is 2. The zero-order valence-corrected chi connectivity index (χ0v) is 15.9. The Kier molecular flexibility index (Phi) is 6.58. The van der Waals surface area contributed by atoms with Crippen LogP contribution >= 0.6 is 11.6 Å². The highest BCUT2D eigenvalue weighted by molar-refractivity contribution is 6.32. The predicted molar refractivity (Wildman–Crippen MR) is 99.8 cm³/mol. The first-order valence-corrected chi connectivity index (χ1v) is 8.58. The van der Waals surface area contributed by atoms with Gasteiger partial charge in [-0.25, -0.2) is 9.78 Å². The van der Waals surface area contributed by atoms with Crippen LogP contribution in [0.15, 0.2) is 30.3 Å². The van der Waals surface area contributed by atoms with Crippen molar-refractivity contribution >= 4 is 29.2 Å².